The van der Waals surface area contributed by atoms with Crippen molar-refractivity contribution in [2.24, 2.45) is 0 Å². The minimum absolute atomic E-state index is 0.672. The van der Waals surface area contributed by atoms with E-state index in [1.807, 2.05) is 0 Å². The summed E-state index contributed by atoms with van der Waals surface area (Å²) >= 11 is 3.51. The van der Waals surface area contributed by atoms with Crippen molar-refractivity contribution >= 4 is 15.9 Å². The maximum atomic E-state index is 5.39. The maximum absolute atomic E-state index is 5.39. The molecule has 0 radical (unpaired) electrons. The topological polar surface area (TPSA) is 30.5 Å². The predicted octanol–water partition coefficient (Wildman–Crippen LogP) is 2.90. The minimum Gasteiger partial charge on any atom is -0.382 e. The molecule has 4 heteroatoms. The first-order valence-electron chi connectivity index (χ1n) is 6.26. The number of hydrogen-bond donors (Lipinski definition) is 1. The molecule has 1 N–H and O–H groups in total. The highest BCUT2D eigenvalue weighted by Gasteiger charge is 1.97. The molecule has 0 saturated heterocycles. The average molecular weight is 316 g/mol. The molecule has 0 aliphatic heterocycles. The molecule has 0 atom stereocenters. The second-order valence-corrected chi connectivity index (χ2v) is 5.07. The van der Waals surface area contributed by atoms with Crippen LogP contribution in [0, 0.1) is 6.92 Å². The fourth-order valence-corrected chi connectivity index (χ4v) is 1.84. The molecule has 0 heterocycles. The Bertz CT molecular complexity index is 345. The van der Waals surface area contributed by atoms with E-state index in [9.17, 15) is 0 Å². The summed E-state index contributed by atoms with van der Waals surface area (Å²) in [4.78, 5) is 0. The number of hydrogen-bond acceptors (Lipinski definition) is 3. The van der Waals surface area contributed by atoms with Gasteiger partial charge < -0.3 is 14.8 Å². The van der Waals surface area contributed by atoms with Crippen LogP contribution in [0.4, 0.5) is 0 Å². The van der Waals surface area contributed by atoms with Crippen molar-refractivity contribution in [3.63, 3.8) is 0 Å². The summed E-state index contributed by atoms with van der Waals surface area (Å²) in [5.41, 5.74) is 2.59. The molecule has 0 bridgehead atoms. The summed E-state index contributed by atoms with van der Waals surface area (Å²) in [6.45, 7) is 6.13. The Morgan fingerprint density at radius 3 is 2.78 bits per heavy atom. The third-order valence-electron chi connectivity index (χ3n) is 2.63. The van der Waals surface area contributed by atoms with Crippen molar-refractivity contribution in [1.82, 2.24) is 5.32 Å². The Kier molecular flexibility index (Phi) is 8.25. The van der Waals surface area contributed by atoms with Gasteiger partial charge in [-0.25, -0.2) is 0 Å². The largest absolute Gasteiger partial charge is 0.382 e. The Morgan fingerprint density at radius 2 is 2.06 bits per heavy atom. The molecule has 0 saturated carbocycles. The molecule has 18 heavy (non-hydrogen) atoms. The summed E-state index contributed by atoms with van der Waals surface area (Å²) in [5.74, 6) is 0. The smallest absolute Gasteiger partial charge is 0.0700 e. The fraction of sp³-hybridized carbons (Fsp3) is 0.571. The lowest BCUT2D eigenvalue weighted by Gasteiger charge is -2.07. The summed E-state index contributed by atoms with van der Waals surface area (Å²) in [6, 6.07) is 6.44. The van der Waals surface area contributed by atoms with Crippen LogP contribution >= 0.6 is 15.9 Å². The SMILES string of the molecule is COCCOCCCNCc1ccc(Br)c(C)c1. The Hall–Kier alpha value is -0.420. The third kappa shape index (κ3) is 6.50. The van der Waals surface area contributed by atoms with E-state index in [-0.39, 0.29) is 0 Å². The zero-order valence-corrected chi connectivity index (χ0v) is 12.8. The molecular weight excluding hydrogens is 294 g/mol. The van der Waals surface area contributed by atoms with Crippen molar-refractivity contribution in [1.29, 1.82) is 0 Å². The fourth-order valence-electron chi connectivity index (χ4n) is 1.59. The van der Waals surface area contributed by atoms with E-state index in [1.165, 1.54) is 11.1 Å². The van der Waals surface area contributed by atoms with Crippen LogP contribution < -0.4 is 5.32 Å². The zero-order chi connectivity index (χ0) is 13.2. The molecule has 0 fully saturated rings. The molecular formula is C14H22BrNO2. The maximum Gasteiger partial charge on any atom is 0.0700 e. The first-order chi connectivity index (χ1) is 8.74. The van der Waals surface area contributed by atoms with Crippen LogP contribution in [0.5, 0.6) is 0 Å². The molecule has 0 amide bonds. The normalized spacial score (nSPS) is 10.8. The molecule has 1 aromatic carbocycles. The Morgan fingerprint density at radius 1 is 1.22 bits per heavy atom. The van der Waals surface area contributed by atoms with Gasteiger partial charge in [0.15, 0.2) is 0 Å². The van der Waals surface area contributed by atoms with Gasteiger partial charge in [-0.3, -0.25) is 0 Å². The molecule has 1 aromatic rings. The first kappa shape index (κ1) is 15.6. The predicted molar refractivity (Wildman–Crippen MR) is 77.9 cm³/mol. The summed E-state index contributed by atoms with van der Waals surface area (Å²) in [7, 11) is 1.69. The number of aryl methyl sites for hydroxylation is 1. The molecule has 0 spiro atoms. The van der Waals surface area contributed by atoms with Crippen molar-refractivity contribution in [2.45, 2.75) is 19.9 Å². The zero-order valence-electron chi connectivity index (χ0n) is 11.2. The van der Waals surface area contributed by atoms with Crippen LogP contribution in [-0.4, -0.2) is 33.5 Å². The van der Waals surface area contributed by atoms with E-state index in [2.05, 4.69) is 46.4 Å². The van der Waals surface area contributed by atoms with Crippen molar-refractivity contribution in [3.8, 4) is 0 Å². The van der Waals surface area contributed by atoms with Gasteiger partial charge in [0.25, 0.3) is 0 Å². The van der Waals surface area contributed by atoms with Gasteiger partial charge in [0, 0.05) is 24.7 Å². The molecule has 1 rings (SSSR count). The van der Waals surface area contributed by atoms with Gasteiger partial charge >= 0.3 is 0 Å². The van der Waals surface area contributed by atoms with Gasteiger partial charge in [0.2, 0.25) is 0 Å². The number of methoxy groups -OCH3 is 1. The van der Waals surface area contributed by atoms with Crippen LogP contribution in [0.1, 0.15) is 17.5 Å². The number of rotatable bonds is 9. The van der Waals surface area contributed by atoms with Gasteiger partial charge in [-0.1, -0.05) is 28.1 Å². The van der Waals surface area contributed by atoms with E-state index in [0.717, 1.165) is 30.6 Å². The lowest BCUT2D eigenvalue weighted by atomic mass is 10.1. The molecule has 0 aliphatic rings. The van der Waals surface area contributed by atoms with E-state index >= 15 is 0 Å². The average Bonchev–Trinajstić information content (AvgIpc) is 2.37. The first-order valence-corrected chi connectivity index (χ1v) is 7.05. The molecule has 0 aliphatic carbocycles. The molecule has 0 unspecified atom stereocenters. The quantitative estimate of drug-likeness (QED) is 0.711. The molecule has 3 nitrogen and oxygen atoms in total. The molecule has 0 aromatic heterocycles. The monoisotopic (exact) mass is 315 g/mol. The third-order valence-corrected chi connectivity index (χ3v) is 3.52. The van der Waals surface area contributed by atoms with E-state index in [0.29, 0.717) is 13.2 Å². The Labute approximate surface area is 118 Å². The lowest BCUT2D eigenvalue weighted by Crippen LogP contribution is -2.17. The second-order valence-electron chi connectivity index (χ2n) is 4.22. The van der Waals surface area contributed by atoms with Crippen LogP contribution in [0.2, 0.25) is 0 Å². The number of halogens is 1. The highest BCUT2D eigenvalue weighted by molar-refractivity contribution is 9.10. The van der Waals surface area contributed by atoms with Gasteiger partial charge in [-0.2, -0.15) is 0 Å². The van der Waals surface area contributed by atoms with Crippen LogP contribution in [0.25, 0.3) is 0 Å². The van der Waals surface area contributed by atoms with Crippen molar-refractivity contribution < 1.29 is 9.47 Å². The minimum atomic E-state index is 0.672. The van der Waals surface area contributed by atoms with Crippen LogP contribution in [0.3, 0.4) is 0 Å². The van der Waals surface area contributed by atoms with Crippen molar-refractivity contribution in [3.05, 3.63) is 33.8 Å². The van der Waals surface area contributed by atoms with E-state index in [4.69, 9.17) is 9.47 Å². The summed E-state index contributed by atoms with van der Waals surface area (Å²) < 4.78 is 11.5. The Balaban J connectivity index is 2.05. The highest BCUT2D eigenvalue weighted by atomic mass is 79.9. The standard InChI is InChI=1S/C14H22BrNO2/c1-12-10-13(4-5-14(12)15)11-16-6-3-7-18-9-8-17-2/h4-5,10,16H,3,6-9,11H2,1-2H3. The van der Waals surface area contributed by atoms with Gasteiger partial charge in [0.05, 0.1) is 13.2 Å². The van der Waals surface area contributed by atoms with Gasteiger partial charge in [-0.15, -0.1) is 0 Å². The summed E-state index contributed by atoms with van der Waals surface area (Å²) in [6.07, 6.45) is 1.03. The number of ether oxygens (including phenoxy) is 2. The second kappa shape index (κ2) is 9.50. The van der Waals surface area contributed by atoms with E-state index < -0.39 is 0 Å². The number of benzene rings is 1. The van der Waals surface area contributed by atoms with Crippen LogP contribution in [0.15, 0.2) is 22.7 Å². The molecule has 102 valence electrons. The van der Waals surface area contributed by atoms with Crippen molar-refractivity contribution in [2.75, 3.05) is 33.5 Å². The van der Waals surface area contributed by atoms with Crippen LogP contribution in [-0.2, 0) is 16.0 Å². The highest BCUT2D eigenvalue weighted by Crippen LogP contribution is 2.16. The van der Waals surface area contributed by atoms with E-state index in [1.54, 1.807) is 7.11 Å². The lowest BCUT2D eigenvalue weighted by molar-refractivity contribution is 0.0695. The summed E-state index contributed by atoms with van der Waals surface area (Å²) in [5, 5.41) is 3.41. The van der Waals surface area contributed by atoms with Gasteiger partial charge in [0.1, 0.15) is 0 Å². The van der Waals surface area contributed by atoms with Gasteiger partial charge in [-0.05, 0) is 37.1 Å². The number of nitrogens with one attached hydrogen (secondary N) is 1.